The van der Waals surface area contributed by atoms with Crippen molar-refractivity contribution in [2.75, 3.05) is 5.32 Å². The Balaban J connectivity index is 1.65. The summed E-state index contributed by atoms with van der Waals surface area (Å²) in [5.41, 5.74) is 3.58. The van der Waals surface area contributed by atoms with Crippen molar-refractivity contribution < 1.29 is 4.79 Å². The van der Waals surface area contributed by atoms with Gasteiger partial charge in [-0.3, -0.25) is 10.1 Å². The van der Waals surface area contributed by atoms with E-state index in [1.807, 2.05) is 37.3 Å². The quantitative estimate of drug-likeness (QED) is 0.903. The van der Waals surface area contributed by atoms with E-state index < -0.39 is 0 Å². The van der Waals surface area contributed by atoms with E-state index in [2.05, 4.69) is 34.9 Å². The average Bonchev–Trinajstić information content (AvgIpc) is 2.56. The predicted octanol–water partition coefficient (Wildman–Crippen LogP) is 3.68. The molecule has 0 saturated heterocycles. The van der Waals surface area contributed by atoms with Crippen LogP contribution in [0.2, 0.25) is 0 Å². The summed E-state index contributed by atoms with van der Waals surface area (Å²) in [6, 6.07) is 18.2. The lowest BCUT2D eigenvalue weighted by Gasteiger charge is -2.28. The number of carbonyl (C=O) groups is 1. The molecule has 2 atom stereocenters. The normalized spacial score (nSPS) is 18.3. The zero-order valence-corrected chi connectivity index (χ0v) is 12.9. The molecule has 22 heavy (non-hydrogen) atoms. The highest BCUT2D eigenvalue weighted by atomic mass is 16.2. The van der Waals surface area contributed by atoms with Crippen LogP contribution in [0.15, 0.2) is 54.6 Å². The van der Waals surface area contributed by atoms with Crippen molar-refractivity contribution in [3.63, 3.8) is 0 Å². The number of anilines is 1. The minimum atomic E-state index is -0.226. The van der Waals surface area contributed by atoms with E-state index in [-0.39, 0.29) is 18.0 Å². The summed E-state index contributed by atoms with van der Waals surface area (Å²) in [7, 11) is 0. The van der Waals surface area contributed by atoms with Crippen LogP contribution in [0.25, 0.3) is 0 Å². The molecule has 3 nitrogen and oxygen atoms in total. The fraction of sp³-hybridized carbons (Fsp3) is 0.316. The zero-order chi connectivity index (χ0) is 15.4. The van der Waals surface area contributed by atoms with Crippen molar-refractivity contribution in [2.45, 2.75) is 38.3 Å². The van der Waals surface area contributed by atoms with Crippen LogP contribution in [-0.2, 0) is 11.2 Å². The number of aryl methyl sites for hydroxylation is 1. The van der Waals surface area contributed by atoms with Gasteiger partial charge in [0.2, 0.25) is 5.91 Å². The van der Waals surface area contributed by atoms with Crippen LogP contribution >= 0.6 is 0 Å². The number of hydrogen-bond donors (Lipinski definition) is 2. The smallest absolute Gasteiger partial charge is 0.241 e. The Bertz CT molecular complexity index is 639. The third-order valence-corrected chi connectivity index (χ3v) is 4.26. The van der Waals surface area contributed by atoms with Gasteiger partial charge >= 0.3 is 0 Å². The standard InChI is InChI=1S/C19H22N2O/c1-14(19(22)21-16-10-3-2-4-11-16)20-18-13-7-9-15-8-5-6-12-17(15)18/h2-6,8,10-12,14,18,20H,7,9,13H2,1H3,(H,21,22). The number of nitrogens with one attached hydrogen (secondary N) is 2. The summed E-state index contributed by atoms with van der Waals surface area (Å²) < 4.78 is 0. The lowest BCUT2D eigenvalue weighted by atomic mass is 9.87. The first-order valence-electron chi connectivity index (χ1n) is 7.94. The number of rotatable bonds is 4. The van der Waals surface area contributed by atoms with Gasteiger partial charge < -0.3 is 5.32 Å². The summed E-state index contributed by atoms with van der Waals surface area (Å²) in [6.45, 7) is 1.93. The van der Waals surface area contributed by atoms with E-state index in [1.165, 1.54) is 17.5 Å². The molecule has 2 N–H and O–H groups in total. The van der Waals surface area contributed by atoms with Gasteiger partial charge in [-0.05, 0) is 49.4 Å². The molecule has 3 heteroatoms. The average molecular weight is 294 g/mol. The van der Waals surface area contributed by atoms with Gasteiger partial charge in [-0.25, -0.2) is 0 Å². The topological polar surface area (TPSA) is 41.1 Å². The molecular weight excluding hydrogens is 272 g/mol. The molecule has 2 unspecified atom stereocenters. The van der Waals surface area contributed by atoms with E-state index in [1.54, 1.807) is 0 Å². The van der Waals surface area contributed by atoms with Gasteiger partial charge in [0.15, 0.2) is 0 Å². The first-order valence-corrected chi connectivity index (χ1v) is 7.94. The molecule has 1 amide bonds. The Morgan fingerprint density at radius 2 is 1.82 bits per heavy atom. The van der Waals surface area contributed by atoms with Crippen molar-refractivity contribution in [3.05, 3.63) is 65.7 Å². The van der Waals surface area contributed by atoms with E-state index in [0.29, 0.717) is 0 Å². The van der Waals surface area contributed by atoms with Crippen LogP contribution in [0.1, 0.15) is 36.9 Å². The van der Waals surface area contributed by atoms with Gasteiger partial charge in [0.1, 0.15) is 0 Å². The second-order valence-corrected chi connectivity index (χ2v) is 5.89. The predicted molar refractivity (Wildman–Crippen MR) is 89.8 cm³/mol. The largest absolute Gasteiger partial charge is 0.325 e. The van der Waals surface area contributed by atoms with E-state index in [9.17, 15) is 4.79 Å². The Hall–Kier alpha value is -2.13. The molecule has 1 aliphatic rings. The maximum atomic E-state index is 12.3. The van der Waals surface area contributed by atoms with Crippen LogP contribution in [-0.4, -0.2) is 11.9 Å². The minimum absolute atomic E-state index is 0.00857. The van der Waals surface area contributed by atoms with E-state index >= 15 is 0 Å². The Labute approximate surface area is 131 Å². The summed E-state index contributed by atoms with van der Waals surface area (Å²) >= 11 is 0. The zero-order valence-electron chi connectivity index (χ0n) is 12.9. The molecule has 0 aromatic heterocycles. The highest BCUT2D eigenvalue weighted by Gasteiger charge is 2.23. The third-order valence-electron chi connectivity index (χ3n) is 4.26. The summed E-state index contributed by atoms with van der Waals surface area (Å²) in [5.74, 6) is 0.00857. The van der Waals surface area contributed by atoms with Crippen LogP contribution in [0.5, 0.6) is 0 Å². The highest BCUT2D eigenvalue weighted by molar-refractivity contribution is 5.94. The monoisotopic (exact) mass is 294 g/mol. The molecule has 2 aromatic rings. The number of para-hydroxylation sites is 1. The fourth-order valence-electron chi connectivity index (χ4n) is 3.08. The van der Waals surface area contributed by atoms with Crippen LogP contribution in [0.4, 0.5) is 5.69 Å². The number of carbonyl (C=O) groups excluding carboxylic acids is 1. The first kappa shape index (κ1) is 14.8. The van der Waals surface area contributed by atoms with Crippen molar-refractivity contribution in [1.82, 2.24) is 5.32 Å². The molecular formula is C19H22N2O. The van der Waals surface area contributed by atoms with Gasteiger partial charge in [-0.1, -0.05) is 42.5 Å². The minimum Gasteiger partial charge on any atom is -0.325 e. The molecule has 0 bridgehead atoms. The van der Waals surface area contributed by atoms with Gasteiger partial charge in [-0.2, -0.15) is 0 Å². The molecule has 114 valence electrons. The van der Waals surface area contributed by atoms with Gasteiger partial charge in [-0.15, -0.1) is 0 Å². The van der Waals surface area contributed by atoms with Gasteiger partial charge in [0.25, 0.3) is 0 Å². The Morgan fingerprint density at radius 1 is 1.09 bits per heavy atom. The second kappa shape index (κ2) is 6.75. The molecule has 1 aliphatic carbocycles. The lowest BCUT2D eigenvalue weighted by molar-refractivity contribution is -0.118. The molecule has 2 aromatic carbocycles. The number of amides is 1. The van der Waals surface area contributed by atoms with Crippen LogP contribution in [0.3, 0.4) is 0 Å². The van der Waals surface area contributed by atoms with Gasteiger partial charge in [0, 0.05) is 11.7 Å². The number of benzene rings is 2. The molecule has 0 spiro atoms. The molecule has 3 rings (SSSR count). The van der Waals surface area contributed by atoms with Crippen molar-refractivity contribution in [2.24, 2.45) is 0 Å². The molecule has 0 fully saturated rings. The lowest BCUT2D eigenvalue weighted by Crippen LogP contribution is -2.41. The third kappa shape index (κ3) is 3.37. The van der Waals surface area contributed by atoms with Crippen LogP contribution in [0, 0.1) is 0 Å². The maximum absolute atomic E-state index is 12.3. The van der Waals surface area contributed by atoms with Gasteiger partial charge in [0.05, 0.1) is 6.04 Å². The van der Waals surface area contributed by atoms with E-state index in [4.69, 9.17) is 0 Å². The summed E-state index contributed by atoms with van der Waals surface area (Å²) in [6.07, 6.45) is 3.39. The highest BCUT2D eigenvalue weighted by Crippen LogP contribution is 2.29. The molecule has 0 heterocycles. The SMILES string of the molecule is CC(NC1CCCc2ccccc21)C(=O)Nc1ccccc1. The maximum Gasteiger partial charge on any atom is 0.241 e. The Morgan fingerprint density at radius 3 is 2.64 bits per heavy atom. The van der Waals surface area contributed by atoms with Crippen molar-refractivity contribution >= 4 is 11.6 Å². The molecule has 0 radical (unpaired) electrons. The van der Waals surface area contributed by atoms with E-state index in [0.717, 1.165) is 18.5 Å². The number of fused-ring (bicyclic) bond motifs is 1. The number of hydrogen-bond acceptors (Lipinski definition) is 2. The molecule has 0 saturated carbocycles. The fourth-order valence-corrected chi connectivity index (χ4v) is 3.08. The second-order valence-electron chi connectivity index (χ2n) is 5.89. The Kier molecular flexibility index (Phi) is 4.54. The van der Waals surface area contributed by atoms with Crippen molar-refractivity contribution in [1.29, 1.82) is 0 Å². The van der Waals surface area contributed by atoms with Crippen molar-refractivity contribution in [3.8, 4) is 0 Å². The first-order chi connectivity index (χ1) is 10.7. The summed E-state index contributed by atoms with van der Waals surface area (Å²) in [4.78, 5) is 12.3. The summed E-state index contributed by atoms with van der Waals surface area (Å²) in [5, 5.41) is 6.44. The molecule has 0 aliphatic heterocycles. The van der Waals surface area contributed by atoms with Crippen LogP contribution < -0.4 is 10.6 Å².